The number of rotatable bonds is 40. The van der Waals surface area contributed by atoms with Crippen molar-refractivity contribution in [3.8, 4) is 0 Å². The Hall–Kier alpha value is -2.91. The predicted octanol–water partition coefficient (Wildman–Crippen LogP) is 11.8. The Morgan fingerprint density at radius 2 is 0.964 bits per heavy atom. The lowest BCUT2D eigenvalue weighted by atomic mass is 10.1. The number of nitrogens with one attached hydrogen (secondary N) is 1. The summed E-state index contributed by atoms with van der Waals surface area (Å²) < 4.78 is 21.6. The summed E-state index contributed by atoms with van der Waals surface area (Å²) in [5.41, 5.74) is 0. The Morgan fingerprint density at radius 1 is 0.536 bits per heavy atom. The molecule has 0 aliphatic rings. The van der Waals surface area contributed by atoms with Gasteiger partial charge in [0.2, 0.25) is 0 Å². The first kappa shape index (κ1) is 53.1. The van der Waals surface area contributed by atoms with Crippen LogP contribution in [0.25, 0.3) is 0 Å². The molecule has 0 unspecified atom stereocenters. The van der Waals surface area contributed by atoms with E-state index < -0.39 is 12.3 Å². The van der Waals surface area contributed by atoms with Gasteiger partial charge in [-0.1, -0.05) is 134 Å². The molecular formula is C47H84N2O7. The molecule has 56 heavy (non-hydrogen) atoms. The van der Waals surface area contributed by atoms with Crippen LogP contribution in [0.1, 0.15) is 175 Å². The Bertz CT molecular complexity index is 964. The third-order valence-electron chi connectivity index (χ3n) is 9.54. The van der Waals surface area contributed by atoms with Crippen molar-refractivity contribution in [2.24, 2.45) is 0 Å². The van der Waals surface area contributed by atoms with Crippen LogP contribution in [0, 0.1) is 0 Å². The first-order valence-electron chi connectivity index (χ1n) is 22.6. The molecule has 0 rings (SSSR count). The molecule has 0 fully saturated rings. The molecule has 0 radical (unpaired) electrons. The van der Waals surface area contributed by atoms with Crippen molar-refractivity contribution >= 4 is 18.1 Å². The monoisotopic (exact) mass is 789 g/mol. The summed E-state index contributed by atoms with van der Waals surface area (Å²) in [6.45, 7) is 9.39. The molecule has 0 atom stereocenters. The molecule has 0 spiro atoms. The van der Waals surface area contributed by atoms with Crippen LogP contribution in [0.3, 0.4) is 0 Å². The van der Waals surface area contributed by atoms with Crippen molar-refractivity contribution in [2.45, 2.75) is 181 Å². The van der Waals surface area contributed by atoms with Crippen LogP contribution in [0.4, 0.5) is 4.79 Å². The summed E-state index contributed by atoms with van der Waals surface area (Å²) in [4.78, 5) is 39.7. The predicted molar refractivity (Wildman–Crippen MR) is 233 cm³/mol. The Balaban J connectivity index is 4.42. The molecule has 0 bridgehead atoms. The minimum absolute atomic E-state index is 0.169. The van der Waals surface area contributed by atoms with Gasteiger partial charge in [-0.2, -0.15) is 0 Å². The number of carbonyl (C=O) groups excluding carboxylic acids is 3. The number of nitrogens with zero attached hydrogens (tertiary/aromatic N) is 1. The molecule has 0 aliphatic heterocycles. The third kappa shape index (κ3) is 39.3. The van der Waals surface area contributed by atoms with Crippen LogP contribution in [0.5, 0.6) is 0 Å². The molecule has 0 aliphatic carbocycles. The number of ether oxygens (including phenoxy) is 4. The average molecular weight is 789 g/mol. The van der Waals surface area contributed by atoms with E-state index in [0.717, 1.165) is 110 Å². The number of allylic oxidation sites excluding steroid dienone is 8. The van der Waals surface area contributed by atoms with Gasteiger partial charge in [0.15, 0.2) is 6.10 Å². The molecule has 324 valence electrons. The number of unbranched alkanes of at least 4 members (excludes halogenated alkanes) is 16. The lowest BCUT2D eigenvalue weighted by molar-refractivity contribution is -0.153. The third-order valence-corrected chi connectivity index (χ3v) is 9.54. The summed E-state index contributed by atoms with van der Waals surface area (Å²) in [6, 6.07) is 0. The second kappa shape index (κ2) is 43.2. The highest BCUT2D eigenvalue weighted by Crippen LogP contribution is 2.11. The first-order chi connectivity index (χ1) is 27.5. The van der Waals surface area contributed by atoms with E-state index in [4.69, 9.17) is 18.9 Å². The Labute approximate surface area is 343 Å². The van der Waals surface area contributed by atoms with Crippen molar-refractivity contribution in [2.75, 3.05) is 53.0 Å². The molecule has 0 aromatic carbocycles. The van der Waals surface area contributed by atoms with Crippen molar-refractivity contribution < 1.29 is 33.3 Å². The summed E-state index contributed by atoms with van der Waals surface area (Å²) in [5.74, 6) is -0.700. The average Bonchev–Trinajstić information content (AvgIpc) is 3.20. The minimum atomic E-state index is -0.934. The summed E-state index contributed by atoms with van der Waals surface area (Å²) in [5, 5.41) is 3.12. The lowest BCUT2D eigenvalue weighted by Crippen LogP contribution is -2.35. The highest BCUT2D eigenvalue weighted by Gasteiger charge is 2.21. The van der Waals surface area contributed by atoms with E-state index in [1.54, 1.807) is 0 Å². The van der Waals surface area contributed by atoms with Gasteiger partial charge in [-0.05, 0) is 90.6 Å². The Morgan fingerprint density at radius 3 is 1.39 bits per heavy atom. The number of carbonyl (C=O) groups is 3. The molecular weight excluding hydrogens is 705 g/mol. The molecule has 0 saturated heterocycles. The van der Waals surface area contributed by atoms with Crippen molar-refractivity contribution in [1.29, 1.82) is 0 Å². The van der Waals surface area contributed by atoms with Gasteiger partial charge in [0.1, 0.15) is 19.8 Å². The van der Waals surface area contributed by atoms with E-state index in [-0.39, 0.29) is 31.8 Å². The molecule has 1 N–H and O–H groups in total. The van der Waals surface area contributed by atoms with E-state index in [2.05, 4.69) is 79.6 Å². The van der Waals surface area contributed by atoms with Crippen LogP contribution in [-0.2, 0) is 28.5 Å². The van der Waals surface area contributed by atoms with Gasteiger partial charge in [0.05, 0.1) is 0 Å². The fourth-order valence-corrected chi connectivity index (χ4v) is 5.92. The number of likely N-dealkylation sites (N-methyl/N-ethyl adjacent to an activating group) is 2. The van der Waals surface area contributed by atoms with Gasteiger partial charge >= 0.3 is 18.1 Å². The lowest BCUT2D eigenvalue weighted by Gasteiger charge is -2.21. The fraction of sp³-hybridized carbons (Fsp3) is 0.766. The van der Waals surface area contributed by atoms with Crippen LogP contribution in [-0.4, -0.2) is 82.1 Å². The summed E-state index contributed by atoms with van der Waals surface area (Å²) in [7, 11) is 1.90. The molecule has 0 heterocycles. The van der Waals surface area contributed by atoms with Gasteiger partial charge < -0.3 is 24.3 Å². The van der Waals surface area contributed by atoms with E-state index in [1.165, 1.54) is 51.4 Å². The van der Waals surface area contributed by atoms with Gasteiger partial charge in [-0.15, -0.1) is 0 Å². The van der Waals surface area contributed by atoms with E-state index in [1.807, 2.05) is 7.05 Å². The van der Waals surface area contributed by atoms with Gasteiger partial charge in [0.25, 0.3) is 0 Å². The molecule has 0 aromatic heterocycles. The number of hydrogen-bond donors (Lipinski definition) is 1. The zero-order chi connectivity index (χ0) is 41.0. The standard InChI is InChI=1S/C47H84N2O7/c1-5-8-10-12-14-16-18-20-22-24-26-28-30-32-34-36-45(50)54-42-44(56-47(52)53-41-40-49(7-3)39-38-48-4)43-55-46(51)37-35-33-31-29-27-25-23-21-19-17-15-13-11-9-6-2/h14-17,20-23,44,48H,5-13,18-19,24-43H2,1-4H3/b16-14-,17-15-,22-20-,23-21-. The van der Waals surface area contributed by atoms with Crippen LogP contribution in [0.15, 0.2) is 48.6 Å². The SMILES string of the molecule is CCCCC/C=C\C/C=C\CCCCCCCC(=O)OCC(COC(=O)CCCCCCC/C=C\C/C=C\CCCCC)OC(=O)OCCN(CC)CCNC. The Kier molecular flexibility index (Phi) is 41.0. The normalized spacial score (nSPS) is 12.0. The topological polar surface area (TPSA) is 103 Å². The first-order valence-corrected chi connectivity index (χ1v) is 22.6. The molecule has 9 nitrogen and oxygen atoms in total. The number of hydrogen-bond acceptors (Lipinski definition) is 9. The smallest absolute Gasteiger partial charge is 0.462 e. The largest absolute Gasteiger partial charge is 0.508 e. The van der Waals surface area contributed by atoms with Gasteiger partial charge in [-0.3, -0.25) is 14.5 Å². The maximum atomic E-state index is 12.5. The van der Waals surface area contributed by atoms with Gasteiger partial charge in [-0.25, -0.2) is 4.79 Å². The highest BCUT2D eigenvalue weighted by atomic mass is 16.7. The number of esters is 2. The second-order valence-corrected chi connectivity index (χ2v) is 14.7. The highest BCUT2D eigenvalue weighted by molar-refractivity contribution is 5.70. The van der Waals surface area contributed by atoms with Crippen molar-refractivity contribution in [1.82, 2.24) is 10.2 Å². The molecule has 0 amide bonds. The van der Waals surface area contributed by atoms with Crippen LogP contribution >= 0.6 is 0 Å². The van der Waals surface area contributed by atoms with E-state index in [9.17, 15) is 14.4 Å². The molecule has 9 heteroatoms. The molecule has 0 aromatic rings. The van der Waals surface area contributed by atoms with E-state index >= 15 is 0 Å². The van der Waals surface area contributed by atoms with E-state index in [0.29, 0.717) is 19.4 Å². The van der Waals surface area contributed by atoms with Crippen LogP contribution in [0.2, 0.25) is 0 Å². The summed E-state index contributed by atoms with van der Waals surface area (Å²) in [6.07, 6.45) is 41.3. The quantitative estimate of drug-likeness (QED) is 0.0281. The zero-order valence-electron chi connectivity index (χ0n) is 36.4. The maximum Gasteiger partial charge on any atom is 0.508 e. The maximum absolute atomic E-state index is 12.5. The molecule has 0 saturated carbocycles. The van der Waals surface area contributed by atoms with Crippen molar-refractivity contribution in [3.63, 3.8) is 0 Å². The second-order valence-electron chi connectivity index (χ2n) is 14.7. The van der Waals surface area contributed by atoms with Crippen molar-refractivity contribution in [3.05, 3.63) is 48.6 Å². The van der Waals surface area contributed by atoms with Crippen LogP contribution < -0.4 is 5.32 Å². The summed E-state index contributed by atoms with van der Waals surface area (Å²) >= 11 is 0. The fourth-order valence-electron chi connectivity index (χ4n) is 5.92. The van der Waals surface area contributed by atoms with Gasteiger partial charge in [0, 0.05) is 32.5 Å². The minimum Gasteiger partial charge on any atom is -0.462 e. The zero-order valence-corrected chi connectivity index (χ0v) is 36.4.